The van der Waals surface area contributed by atoms with Crippen molar-refractivity contribution in [3.05, 3.63) is 11.1 Å². The summed E-state index contributed by atoms with van der Waals surface area (Å²) < 4.78 is 0. The number of carboxylic acids is 2. The van der Waals surface area contributed by atoms with Crippen molar-refractivity contribution in [2.24, 2.45) is 5.41 Å². The van der Waals surface area contributed by atoms with Gasteiger partial charge in [0.15, 0.2) is 0 Å². The minimum Gasteiger partial charge on any atom is -0.545 e. The van der Waals surface area contributed by atoms with Crippen LogP contribution in [0.4, 0.5) is 0 Å². The van der Waals surface area contributed by atoms with Crippen molar-refractivity contribution < 1.29 is 19.8 Å². The Morgan fingerprint density at radius 1 is 1.00 bits per heavy atom. The zero-order chi connectivity index (χ0) is 10.8. The van der Waals surface area contributed by atoms with Crippen LogP contribution in [-0.4, -0.2) is 11.9 Å². The maximum absolute atomic E-state index is 10.6. The summed E-state index contributed by atoms with van der Waals surface area (Å²) in [5, 5.41) is 21.1. The average molecular weight is 184 g/mol. The highest BCUT2D eigenvalue weighted by atomic mass is 16.4. The van der Waals surface area contributed by atoms with Crippen molar-refractivity contribution in [2.75, 3.05) is 0 Å². The molecule has 0 aromatic carbocycles. The summed E-state index contributed by atoms with van der Waals surface area (Å²) in [4.78, 5) is 21.1. The van der Waals surface area contributed by atoms with Crippen LogP contribution in [0.3, 0.4) is 0 Å². The maximum Gasteiger partial charge on any atom is 0.0683 e. The fourth-order valence-electron chi connectivity index (χ4n) is 1.12. The van der Waals surface area contributed by atoms with E-state index in [0.717, 1.165) is 0 Å². The second kappa shape index (κ2) is 3.60. The molecule has 4 nitrogen and oxygen atoms in total. The molecular weight excluding hydrogens is 172 g/mol. The third-order valence-corrected chi connectivity index (χ3v) is 1.64. The number of hydrogen-bond acceptors (Lipinski definition) is 4. The third kappa shape index (κ3) is 2.89. The van der Waals surface area contributed by atoms with Gasteiger partial charge in [-0.1, -0.05) is 20.8 Å². The van der Waals surface area contributed by atoms with E-state index in [0.29, 0.717) is 0 Å². The number of rotatable bonds is 2. The number of aliphatic carboxylic acids is 2. The van der Waals surface area contributed by atoms with E-state index in [-0.39, 0.29) is 11.1 Å². The molecule has 0 aliphatic rings. The zero-order valence-electron chi connectivity index (χ0n) is 8.13. The van der Waals surface area contributed by atoms with Crippen molar-refractivity contribution >= 4 is 11.9 Å². The Bertz CT molecular complexity index is 268. The monoisotopic (exact) mass is 184 g/mol. The number of carbonyl (C=O) groups is 2. The highest BCUT2D eigenvalue weighted by molar-refractivity contribution is 5.97. The molecule has 0 N–H and O–H groups in total. The van der Waals surface area contributed by atoms with E-state index in [1.54, 1.807) is 20.8 Å². The molecule has 74 valence electrons. The molecule has 0 amide bonds. The summed E-state index contributed by atoms with van der Waals surface area (Å²) in [5.41, 5.74) is -1.27. The van der Waals surface area contributed by atoms with Gasteiger partial charge in [-0.2, -0.15) is 0 Å². The first kappa shape index (κ1) is 11.7. The zero-order valence-corrected chi connectivity index (χ0v) is 8.13. The molecule has 0 fully saturated rings. The summed E-state index contributed by atoms with van der Waals surface area (Å²) in [7, 11) is 0. The number of carboxylic acid groups (broad SMARTS) is 2. The largest absolute Gasteiger partial charge is 0.545 e. The molecule has 0 unspecified atom stereocenters. The molecule has 13 heavy (non-hydrogen) atoms. The lowest BCUT2D eigenvalue weighted by atomic mass is 9.83. The molecule has 0 saturated heterocycles. The SMILES string of the molecule is C/C(C(=O)[O-])=C(\C(=O)[O-])C(C)(C)C. The molecule has 4 heteroatoms. The van der Waals surface area contributed by atoms with E-state index in [9.17, 15) is 19.8 Å². The van der Waals surface area contributed by atoms with Crippen molar-refractivity contribution in [3.8, 4) is 0 Å². The van der Waals surface area contributed by atoms with Gasteiger partial charge in [0.2, 0.25) is 0 Å². The number of hydrogen-bond donors (Lipinski definition) is 0. The summed E-state index contributed by atoms with van der Waals surface area (Å²) in [6.45, 7) is 6.01. The van der Waals surface area contributed by atoms with Crippen LogP contribution in [0.1, 0.15) is 27.7 Å². The third-order valence-electron chi connectivity index (χ3n) is 1.64. The van der Waals surface area contributed by atoms with Crippen LogP contribution >= 0.6 is 0 Å². The second-order valence-corrected chi connectivity index (χ2v) is 3.82. The summed E-state index contributed by atoms with van der Waals surface area (Å²) in [5.74, 6) is -2.94. The van der Waals surface area contributed by atoms with Crippen molar-refractivity contribution in [2.45, 2.75) is 27.7 Å². The van der Waals surface area contributed by atoms with Gasteiger partial charge in [0.05, 0.1) is 11.9 Å². The second-order valence-electron chi connectivity index (χ2n) is 3.82. The molecule has 0 aliphatic heterocycles. The van der Waals surface area contributed by atoms with Gasteiger partial charge in [-0.05, 0) is 23.5 Å². The quantitative estimate of drug-likeness (QED) is 0.507. The van der Waals surface area contributed by atoms with E-state index in [2.05, 4.69) is 0 Å². The van der Waals surface area contributed by atoms with Gasteiger partial charge in [0.1, 0.15) is 0 Å². The van der Waals surface area contributed by atoms with Gasteiger partial charge in [-0.15, -0.1) is 0 Å². The van der Waals surface area contributed by atoms with Crippen molar-refractivity contribution in [1.82, 2.24) is 0 Å². The van der Waals surface area contributed by atoms with Gasteiger partial charge in [0, 0.05) is 0 Å². The van der Waals surface area contributed by atoms with Crippen molar-refractivity contribution in [3.63, 3.8) is 0 Å². The van der Waals surface area contributed by atoms with E-state index in [4.69, 9.17) is 0 Å². The van der Waals surface area contributed by atoms with E-state index in [1.165, 1.54) is 6.92 Å². The van der Waals surface area contributed by atoms with Crippen molar-refractivity contribution in [1.29, 1.82) is 0 Å². The lowest BCUT2D eigenvalue weighted by Crippen LogP contribution is -2.36. The Balaban J connectivity index is 5.40. The van der Waals surface area contributed by atoms with E-state index < -0.39 is 17.4 Å². The molecule has 0 aromatic rings. The Hall–Kier alpha value is -1.32. The Morgan fingerprint density at radius 2 is 1.38 bits per heavy atom. The minimum absolute atomic E-state index is 0.229. The molecule has 0 aromatic heterocycles. The fraction of sp³-hybridized carbons (Fsp3) is 0.556. The van der Waals surface area contributed by atoms with Gasteiger partial charge >= 0.3 is 0 Å². The molecule has 0 heterocycles. The highest BCUT2D eigenvalue weighted by Gasteiger charge is 2.20. The molecular formula is C9H12O4-2. The van der Waals surface area contributed by atoms with Gasteiger partial charge in [-0.25, -0.2) is 0 Å². The van der Waals surface area contributed by atoms with Gasteiger partial charge in [0.25, 0.3) is 0 Å². The summed E-state index contributed by atoms with van der Waals surface area (Å²) in [6.07, 6.45) is 0. The summed E-state index contributed by atoms with van der Waals surface area (Å²) >= 11 is 0. The first-order chi connectivity index (χ1) is 5.68. The Kier molecular flexibility index (Phi) is 3.23. The van der Waals surface area contributed by atoms with E-state index >= 15 is 0 Å². The topological polar surface area (TPSA) is 80.3 Å². The first-order valence-electron chi connectivity index (χ1n) is 3.82. The molecule has 0 aliphatic carbocycles. The van der Waals surface area contributed by atoms with Crippen LogP contribution in [0.5, 0.6) is 0 Å². The fourth-order valence-corrected chi connectivity index (χ4v) is 1.12. The average Bonchev–Trinajstić information content (AvgIpc) is 1.82. The molecule has 0 spiro atoms. The van der Waals surface area contributed by atoms with Crippen LogP contribution in [0.15, 0.2) is 11.1 Å². The molecule has 0 radical (unpaired) electrons. The van der Waals surface area contributed by atoms with Crippen LogP contribution in [0.25, 0.3) is 0 Å². The predicted molar refractivity (Wildman–Crippen MR) is 42.2 cm³/mol. The molecule has 0 atom stereocenters. The minimum atomic E-state index is -1.48. The number of carbonyl (C=O) groups excluding carboxylic acids is 2. The maximum atomic E-state index is 10.6. The molecule has 0 saturated carbocycles. The lowest BCUT2D eigenvalue weighted by Gasteiger charge is -2.26. The smallest absolute Gasteiger partial charge is 0.0683 e. The highest BCUT2D eigenvalue weighted by Crippen LogP contribution is 2.27. The lowest BCUT2D eigenvalue weighted by molar-refractivity contribution is -0.305. The summed E-state index contributed by atoms with van der Waals surface area (Å²) in [6, 6.07) is 0. The first-order valence-corrected chi connectivity index (χ1v) is 3.82. The Morgan fingerprint density at radius 3 is 1.46 bits per heavy atom. The molecule has 0 bridgehead atoms. The standard InChI is InChI=1S/C9H14O4/c1-5(7(10)11)6(8(12)13)9(2,3)4/h1-4H3,(H,10,11)(H,12,13)/p-2/b6-5-. The van der Waals surface area contributed by atoms with Gasteiger partial charge < -0.3 is 19.8 Å². The normalized spacial score (nSPS) is 13.5. The van der Waals surface area contributed by atoms with Crippen LogP contribution in [0.2, 0.25) is 0 Å². The predicted octanol–water partition coefficient (Wildman–Crippen LogP) is -1.15. The van der Waals surface area contributed by atoms with Crippen LogP contribution in [-0.2, 0) is 9.59 Å². The Labute approximate surface area is 76.9 Å². The van der Waals surface area contributed by atoms with Crippen LogP contribution in [0, 0.1) is 5.41 Å². The van der Waals surface area contributed by atoms with E-state index in [1.807, 2.05) is 0 Å². The van der Waals surface area contributed by atoms with Gasteiger partial charge in [-0.3, -0.25) is 0 Å². The molecule has 0 rings (SSSR count). The van der Waals surface area contributed by atoms with Crippen LogP contribution < -0.4 is 10.2 Å².